The zero-order valence-corrected chi connectivity index (χ0v) is 12.2. The van der Waals surface area contributed by atoms with E-state index in [-0.39, 0.29) is 5.69 Å². The van der Waals surface area contributed by atoms with Gasteiger partial charge in [-0.2, -0.15) is 0 Å². The maximum Gasteiger partial charge on any atom is 0.360 e. The van der Waals surface area contributed by atoms with Gasteiger partial charge in [0, 0.05) is 6.61 Å². The van der Waals surface area contributed by atoms with E-state index in [2.05, 4.69) is 24.2 Å². The summed E-state index contributed by atoms with van der Waals surface area (Å²) in [5.41, 5.74) is 0.995. The number of aromatic nitrogens is 3. The van der Waals surface area contributed by atoms with Crippen LogP contribution in [0.25, 0.3) is 0 Å². The molecule has 6 heteroatoms. The average Bonchev–Trinajstić information content (AvgIpc) is 2.70. The lowest BCUT2D eigenvalue weighted by Gasteiger charge is -2.07. The summed E-state index contributed by atoms with van der Waals surface area (Å²) in [6.45, 7) is 10.1. The molecule has 0 saturated carbocycles. The van der Waals surface area contributed by atoms with Crippen molar-refractivity contribution < 1.29 is 14.3 Å². The van der Waals surface area contributed by atoms with E-state index in [1.165, 1.54) is 0 Å². The smallest absolute Gasteiger partial charge is 0.360 e. The summed E-state index contributed by atoms with van der Waals surface area (Å²) >= 11 is 0. The normalized spacial score (nSPS) is 11.0. The van der Waals surface area contributed by atoms with E-state index in [9.17, 15) is 4.79 Å². The molecule has 1 rings (SSSR count). The Morgan fingerprint density at radius 1 is 1.37 bits per heavy atom. The Labute approximate surface area is 114 Å². The van der Waals surface area contributed by atoms with Crippen LogP contribution in [0.5, 0.6) is 0 Å². The van der Waals surface area contributed by atoms with Gasteiger partial charge in [-0.3, -0.25) is 0 Å². The molecule has 19 heavy (non-hydrogen) atoms. The van der Waals surface area contributed by atoms with Crippen LogP contribution in [0.1, 0.15) is 43.4 Å². The van der Waals surface area contributed by atoms with Crippen LogP contribution in [0, 0.1) is 12.8 Å². The van der Waals surface area contributed by atoms with Crippen LogP contribution in [-0.2, 0) is 16.0 Å². The van der Waals surface area contributed by atoms with Crippen molar-refractivity contribution in [2.45, 2.75) is 40.7 Å². The second-order valence-electron chi connectivity index (χ2n) is 4.76. The molecule has 1 aromatic heterocycles. The third-order valence-corrected chi connectivity index (χ3v) is 2.74. The average molecular weight is 269 g/mol. The fourth-order valence-electron chi connectivity index (χ4n) is 1.53. The van der Waals surface area contributed by atoms with Gasteiger partial charge in [-0.1, -0.05) is 19.1 Å². The van der Waals surface area contributed by atoms with E-state index in [1.54, 1.807) is 18.5 Å². The quantitative estimate of drug-likeness (QED) is 0.532. The third kappa shape index (κ3) is 4.98. The van der Waals surface area contributed by atoms with Crippen LogP contribution in [0.15, 0.2) is 0 Å². The topological polar surface area (TPSA) is 66.2 Å². The first-order valence-electron chi connectivity index (χ1n) is 6.71. The number of ether oxygens (including phenoxy) is 2. The molecule has 0 aliphatic rings. The van der Waals surface area contributed by atoms with Gasteiger partial charge in [0.25, 0.3) is 0 Å². The molecule has 0 aliphatic heterocycles. The van der Waals surface area contributed by atoms with Gasteiger partial charge in [0.15, 0.2) is 5.69 Å². The van der Waals surface area contributed by atoms with Crippen LogP contribution >= 0.6 is 0 Å². The highest BCUT2D eigenvalue weighted by atomic mass is 16.5. The van der Waals surface area contributed by atoms with E-state index < -0.39 is 5.97 Å². The molecule has 0 aromatic carbocycles. The summed E-state index contributed by atoms with van der Waals surface area (Å²) in [7, 11) is 0. The number of esters is 1. The summed E-state index contributed by atoms with van der Waals surface area (Å²) < 4.78 is 12.1. The predicted octanol–water partition coefficient (Wildman–Crippen LogP) is 1.83. The van der Waals surface area contributed by atoms with Gasteiger partial charge in [0.2, 0.25) is 0 Å². The SMILES string of the molecule is CCOC(=O)c1nnn(CCOCCC(C)C)c1C. The highest BCUT2D eigenvalue weighted by molar-refractivity contribution is 5.88. The first-order chi connectivity index (χ1) is 9.06. The maximum atomic E-state index is 11.6. The molecule has 6 nitrogen and oxygen atoms in total. The van der Waals surface area contributed by atoms with Crippen molar-refractivity contribution in [2.24, 2.45) is 5.92 Å². The zero-order chi connectivity index (χ0) is 14.3. The molecule has 0 radical (unpaired) electrons. The van der Waals surface area contributed by atoms with Crippen molar-refractivity contribution in [1.29, 1.82) is 0 Å². The van der Waals surface area contributed by atoms with Crippen molar-refractivity contribution >= 4 is 5.97 Å². The number of rotatable bonds is 8. The summed E-state index contributed by atoms with van der Waals surface area (Å²) in [6.07, 6.45) is 1.05. The molecule has 1 heterocycles. The molecule has 1 aromatic rings. The molecule has 0 N–H and O–H groups in total. The highest BCUT2D eigenvalue weighted by Gasteiger charge is 2.17. The fourth-order valence-corrected chi connectivity index (χ4v) is 1.53. The van der Waals surface area contributed by atoms with Crippen molar-refractivity contribution in [2.75, 3.05) is 19.8 Å². The Kier molecular flexibility index (Phi) is 6.49. The van der Waals surface area contributed by atoms with E-state index in [0.29, 0.717) is 31.4 Å². The van der Waals surface area contributed by atoms with Gasteiger partial charge in [-0.15, -0.1) is 5.10 Å². The molecular formula is C13H23N3O3. The minimum Gasteiger partial charge on any atom is -0.461 e. The van der Waals surface area contributed by atoms with Crippen LogP contribution in [0.3, 0.4) is 0 Å². The number of hydrogen-bond donors (Lipinski definition) is 0. The van der Waals surface area contributed by atoms with Crippen molar-refractivity contribution in [3.63, 3.8) is 0 Å². The first kappa shape index (κ1) is 15.6. The lowest BCUT2D eigenvalue weighted by atomic mass is 10.1. The summed E-state index contributed by atoms with van der Waals surface area (Å²) in [4.78, 5) is 11.6. The van der Waals surface area contributed by atoms with Crippen molar-refractivity contribution in [3.05, 3.63) is 11.4 Å². The summed E-state index contributed by atoms with van der Waals surface area (Å²) in [5, 5.41) is 7.78. The van der Waals surface area contributed by atoms with Crippen LogP contribution in [0.4, 0.5) is 0 Å². The van der Waals surface area contributed by atoms with Gasteiger partial charge in [0.1, 0.15) is 0 Å². The van der Waals surface area contributed by atoms with E-state index in [1.807, 2.05) is 0 Å². The number of hydrogen-bond acceptors (Lipinski definition) is 5. The Morgan fingerprint density at radius 3 is 2.74 bits per heavy atom. The molecule has 0 atom stereocenters. The molecule has 0 spiro atoms. The standard InChI is InChI=1S/C13H23N3O3/c1-5-19-13(17)12-11(4)16(15-14-12)7-9-18-8-6-10(2)3/h10H,5-9H2,1-4H3. The molecular weight excluding hydrogens is 246 g/mol. The molecule has 0 saturated heterocycles. The molecule has 0 fully saturated rings. The van der Waals surface area contributed by atoms with Gasteiger partial charge in [-0.25, -0.2) is 9.48 Å². The maximum absolute atomic E-state index is 11.6. The Morgan fingerprint density at radius 2 is 2.11 bits per heavy atom. The number of nitrogens with zero attached hydrogens (tertiary/aromatic N) is 3. The number of carbonyl (C=O) groups excluding carboxylic acids is 1. The predicted molar refractivity (Wildman–Crippen MR) is 71.0 cm³/mol. The third-order valence-electron chi connectivity index (χ3n) is 2.74. The van der Waals surface area contributed by atoms with Gasteiger partial charge < -0.3 is 9.47 Å². The molecule has 0 unspecified atom stereocenters. The number of carbonyl (C=O) groups is 1. The minimum atomic E-state index is -0.424. The van der Waals surface area contributed by atoms with Gasteiger partial charge >= 0.3 is 5.97 Å². The van der Waals surface area contributed by atoms with E-state index >= 15 is 0 Å². The van der Waals surface area contributed by atoms with Crippen LogP contribution in [-0.4, -0.2) is 40.8 Å². The lowest BCUT2D eigenvalue weighted by Crippen LogP contribution is -2.12. The largest absolute Gasteiger partial charge is 0.461 e. The van der Waals surface area contributed by atoms with E-state index in [0.717, 1.165) is 13.0 Å². The molecule has 108 valence electrons. The second kappa shape index (κ2) is 7.89. The molecule has 0 amide bonds. The van der Waals surface area contributed by atoms with Gasteiger partial charge in [-0.05, 0) is 26.2 Å². The molecule has 0 aliphatic carbocycles. The van der Waals surface area contributed by atoms with Crippen molar-refractivity contribution in [1.82, 2.24) is 15.0 Å². The first-order valence-corrected chi connectivity index (χ1v) is 6.71. The minimum absolute atomic E-state index is 0.282. The van der Waals surface area contributed by atoms with Crippen LogP contribution in [0.2, 0.25) is 0 Å². The highest BCUT2D eigenvalue weighted by Crippen LogP contribution is 2.06. The van der Waals surface area contributed by atoms with Crippen LogP contribution < -0.4 is 0 Å². The van der Waals surface area contributed by atoms with Gasteiger partial charge in [0.05, 0.1) is 25.5 Å². The van der Waals surface area contributed by atoms with Crippen molar-refractivity contribution in [3.8, 4) is 0 Å². The van der Waals surface area contributed by atoms with E-state index in [4.69, 9.17) is 9.47 Å². The monoisotopic (exact) mass is 269 g/mol. The Balaban J connectivity index is 2.41. The Bertz CT molecular complexity index is 402. The molecule has 0 bridgehead atoms. The summed E-state index contributed by atoms with van der Waals surface area (Å²) in [5.74, 6) is 0.218. The lowest BCUT2D eigenvalue weighted by molar-refractivity contribution is 0.0518. The summed E-state index contributed by atoms with van der Waals surface area (Å²) in [6, 6.07) is 0. The fraction of sp³-hybridized carbons (Fsp3) is 0.769. The zero-order valence-electron chi connectivity index (χ0n) is 12.2. The Hall–Kier alpha value is -1.43. The second-order valence-corrected chi connectivity index (χ2v) is 4.76.